The lowest BCUT2D eigenvalue weighted by Crippen LogP contribution is -2.50. The Balaban J connectivity index is 0. The van der Waals surface area contributed by atoms with E-state index in [1.165, 1.54) is 32.1 Å². The van der Waals surface area contributed by atoms with E-state index in [2.05, 4.69) is 24.1 Å². The standard InChI is InChI=1S/C12H27NO.CH3O3P/c1-12(2)8-5-3-4-6-10-14-11-7-9-13;1-4-5(2)3/h12H,3-11,13H2,1-2H3;1H3/p+1. The minimum Gasteiger partial charge on any atom is -0.566 e. The van der Waals surface area contributed by atoms with Crippen molar-refractivity contribution in [2.75, 3.05) is 26.9 Å². The fourth-order valence-electron chi connectivity index (χ4n) is 1.42. The lowest BCUT2D eigenvalue weighted by molar-refractivity contribution is -0.369. The maximum Gasteiger partial charge on any atom is 0.488 e. The Morgan fingerprint density at radius 3 is 2.11 bits per heavy atom. The molecule has 116 valence electrons. The first-order valence-corrected chi connectivity index (χ1v) is 8.19. The molecule has 0 aliphatic rings. The van der Waals surface area contributed by atoms with E-state index in [0.29, 0.717) is 0 Å². The summed E-state index contributed by atoms with van der Waals surface area (Å²) in [6.45, 7) is 7.43. The normalized spacial score (nSPS) is 11.2. The Morgan fingerprint density at radius 1 is 1.11 bits per heavy atom. The van der Waals surface area contributed by atoms with Gasteiger partial charge in [0.25, 0.3) is 0 Å². The quantitative estimate of drug-likeness (QED) is 0.466. The van der Waals surface area contributed by atoms with E-state index in [0.717, 1.165) is 39.2 Å². The molecule has 3 N–H and O–H groups in total. The number of hydrogen-bond acceptors (Lipinski definition) is 4. The molecule has 1 unspecified atom stereocenters. The highest BCUT2D eigenvalue weighted by atomic mass is 31.1. The Kier molecular flexibility index (Phi) is 20.1. The van der Waals surface area contributed by atoms with Crippen molar-refractivity contribution < 1.29 is 24.5 Å². The molecule has 0 radical (unpaired) electrons. The summed E-state index contributed by atoms with van der Waals surface area (Å²) in [5.41, 5.74) is 3.78. The number of ether oxygens (including phenoxy) is 1. The van der Waals surface area contributed by atoms with E-state index >= 15 is 0 Å². The summed E-state index contributed by atoms with van der Waals surface area (Å²) in [5.74, 6) is 0.864. The predicted octanol–water partition coefficient (Wildman–Crippen LogP) is 1.89. The molecule has 6 heteroatoms. The van der Waals surface area contributed by atoms with E-state index < -0.39 is 8.25 Å². The summed E-state index contributed by atoms with van der Waals surface area (Å²) in [4.78, 5) is 9.18. The van der Waals surface area contributed by atoms with Crippen LogP contribution in [0.4, 0.5) is 0 Å². The third-order valence-electron chi connectivity index (χ3n) is 2.51. The van der Waals surface area contributed by atoms with E-state index in [1.54, 1.807) is 0 Å². The zero-order valence-electron chi connectivity index (χ0n) is 12.7. The zero-order valence-corrected chi connectivity index (χ0v) is 13.6. The van der Waals surface area contributed by atoms with Gasteiger partial charge in [-0.1, -0.05) is 39.5 Å². The lowest BCUT2D eigenvalue weighted by Gasteiger charge is -2.04. The molecule has 0 amide bonds. The highest BCUT2D eigenvalue weighted by Crippen LogP contribution is 2.09. The highest BCUT2D eigenvalue weighted by Gasteiger charge is 1.94. The lowest BCUT2D eigenvalue weighted by atomic mass is 10.0. The number of hydrogen-bond donors (Lipinski definition) is 1. The summed E-state index contributed by atoms with van der Waals surface area (Å²) < 4.78 is 18.3. The molecule has 0 spiro atoms. The molecule has 0 aromatic heterocycles. The minimum absolute atomic E-state index is 0.864. The highest BCUT2D eigenvalue weighted by molar-refractivity contribution is 7.30. The van der Waals surface area contributed by atoms with Crippen LogP contribution in [0.25, 0.3) is 0 Å². The van der Waals surface area contributed by atoms with Crippen molar-refractivity contribution in [2.45, 2.75) is 52.4 Å². The monoisotopic (exact) mass is 296 g/mol. The van der Waals surface area contributed by atoms with Crippen molar-refractivity contribution in [3.63, 3.8) is 0 Å². The third-order valence-corrected chi connectivity index (χ3v) is 2.81. The van der Waals surface area contributed by atoms with Crippen LogP contribution in [0.1, 0.15) is 52.4 Å². The van der Waals surface area contributed by atoms with Crippen molar-refractivity contribution >= 4 is 8.25 Å². The Bertz CT molecular complexity index is 191. The average molecular weight is 296 g/mol. The van der Waals surface area contributed by atoms with Crippen LogP contribution in [-0.2, 0) is 13.8 Å². The van der Waals surface area contributed by atoms with Gasteiger partial charge >= 0.3 is 8.25 Å². The maximum absolute atomic E-state index is 9.18. The first-order chi connectivity index (χ1) is 9.04. The molecule has 0 fully saturated rings. The predicted molar refractivity (Wildman–Crippen MR) is 75.7 cm³/mol. The van der Waals surface area contributed by atoms with Crippen LogP contribution in [0.5, 0.6) is 0 Å². The topological polar surface area (TPSA) is 86.2 Å². The zero-order chi connectivity index (χ0) is 14.9. The van der Waals surface area contributed by atoms with Gasteiger partial charge in [0.05, 0.1) is 20.3 Å². The van der Waals surface area contributed by atoms with Crippen LogP contribution in [0, 0.1) is 5.92 Å². The summed E-state index contributed by atoms with van der Waals surface area (Å²) >= 11 is 0. The fraction of sp³-hybridized carbons (Fsp3) is 1.00. The number of rotatable bonds is 11. The molecule has 0 bridgehead atoms. The first kappa shape index (κ1) is 21.2. The van der Waals surface area contributed by atoms with Crippen molar-refractivity contribution in [1.29, 1.82) is 0 Å². The van der Waals surface area contributed by atoms with Gasteiger partial charge in [-0.15, -0.1) is 0 Å². The summed E-state index contributed by atoms with van der Waals surface area (Å²) in [7, 11) is -1.50. The fourth-order valence-corrected chi connectivity index (χ4v) is 1.42. The molecular formula is C13H31NO4P+. The van der Waals surface area contributed by atoms with Crippen LogP contribution in [-0.4, -0.2) is 26.9 Å². The molecule has 19 heavy (non-hydrogen) atoms. The molecule has 0 heterocycles. The van der Waals surface area contributed by atoms with Crippen molar-refractivity contribution in [1.82, 2.24) is 0 Å². The van der Waals surface area contributed by atoms with E-state index in [-0.39, 0.29) is 0 Å². The second kappa shape index (κ2) is 17.9. The molecule has 0 aromatic rings. The molecule has 0 rings (SSSR count). The largest absolute Gasteiger partial charge is 0.566 e. The van der Waals surface area contributed by atoms with Crippen LogP contribution in [0.15, 0.2) is 0 Å². The van der Waals surface area contributed by atoms with Crippen LogP contribution < -0.4 is 10.6 Å². The Hall–Kier alpha value is -0.0600. The summed E-state index contributed by atoms with van der Waals surface area (Å²) in [5, 5.41) is 0. The van der Waals surface area contributed by atoms with Crippen LogP contribution in [0.3, 0.4) is 0 Å². The first-order valence-electron chi connectivity index (χ1n) is 7.10. The smallest absolute Gasteiger partial charge is 0.488 e. The van der Waals surface area contributed by atoms with Gasteiger partial charge in [0.1, 0.15) is 0 Å². The second-order valence-electron chi connectivity index (χ2n) is 4.82. The Labute approximate surface area is 118 Å². The van der Waals surface area contributed by atoms with E-state index in [1.807, 2.05) is 0 Å². The molecule has 0 aromatic carbocycles. The summed E-state index contributed by atoms with van der Waals surface area (Å²) in [6.07, 6.45) is 7.80. The minimum atomic E-state index is -2.60. The molecular weight excluding hydrogens is 265 g/mol. The van der Waals surface area contributed by atoms with Gasteiger partial charge in [-0.25, -0.2) is 0 Å². The van der Waals surface area contributed by atoms with Gasteiger partial charge in [0.2, 0.25) is 0 Å². The van der Waals surface area contributed by atoms with Crippen LogP contribution >= 0.6 is 8.25 Å². The van der Waals surface area contributed by atoms with Crippen molar-refractivity contribution in [3.05, 3.63) is 0 Å². The molecule has 5 nitrogen and oxygen atoms in total. The maximum atomic E-state index is 9.18. The van der Waals surface area contributed by atoms with E-state index in [4.69, 9.17) is 4.74 Å². The summed E-state index contributed by atoms with van der Waals surface area (Å²) in [6, 6.07) is 0. The van der Waals surface area contributed by atoms with Gasteiger partial charge in [-0.3, -0.25) is 0 Å². The molecule has 0 aliphatic carbocycles. The van der Waals surface area contributed by atoms with Gasteiger partial charge in [-0.2, -0.15) is 4.52 Å². The second-order valence-corrected chi connectivity index (χ2v) is 5.63. The van der Waals surface area contributed by atoms with Crippen molar-refractivity contribution in [3.8, 4) is 0 Å². The Morgan fingerprint density at radius 2 is 1.63 bits per heavy atom. The van der Waals surface area contributed by atoms with Gasteiger partial charge in [0, 0.05) is 13.0 Å². The van der Waals surface area contributed by atoms with Gasteiger partial charge in [-0.05, 0) is 16.9 Å². The average Bonchev–Trinajstić information content (AvgIpc) is 2.37. The third kappa shape index (κ3) is 27.2. The van der Waals surface area contributed by atoms with Crippen LogP contribution in [0.2, 0.25) is 0 Å². The van der Waals surface area contributed by atoms with E-state index in [9.17, 15) is 9.46 Å². The molecule has 1 atom stereocenters. The van der Waals surface area contributed by atoms with Crippen molar-refractivity contribution in [2.24, 2.45) is 5.92 Å². The molecule has 0 saturated heterocycles. The van der Waals surface area contributed by atoms with Gasteiger partial charge < -0.3 is 15.4 Å². The SMILES string of the molecule is CC(C)CCCCCCOCCC[NH3+].CO[P+](=O)[O-]. The number of quaternary nitrogens is 1. The number of unbranched alkanes of at least 4 members (excludes halogenated alkanes) is 3. The molecule has 0 aliphatic heterocycles. The molecule has 0 saturated carbocycles. The van der Waals surface area contributed by atoms with Gasteiger partial charge in [0.15, 0.2) is 0 Å².